The molecule has 1 amide bonds. The third kappa shape index (κ3) is 4.28. The molecule has 0 fully saturated rings. The molecule has 5 heteroatoms. The quantitative estimate of drug-likeness (QED) is 0.317. The van der Waals surface area contributed by atoms with E-state index in [-0.39, 0.29) is 17.8 Å². The van der Waals surface area contributed by atoms with Crippen molar-refractivity contribution in [2.45, 2.75) is 39.2 Å². The maximum atomic E-state index is 12.2. The average molecular weight is 263 g/mol. The molecule has 0 heterocycles. The summed E-state index contributed by atoms with van der Waals surface area (Å²) in [7, 11) is 0. The van der Waals surface area contributed by atoms with E-state index in [2.05, 4.69) is 10.5 Å². The molecule has 0 spiro atoms. The lowest BCUT2D eigenvalue weighted by molar-refractivity contribution is 0.0936. The minimum atomic E-state index is -0.131. The molecule has 1 atom stereocenters. The molecular weight excluding hydrogens is 242 g/mol. The van der Waals surface area contributed by atoms with Gasteiger partial charge in [0, 0.05) is 18.0 Å². The maximum absolute atomic E-state index is 12.2. The zero-order valence-electron chi connectivity index (χ0n) is 11.4. The van der Waals surface area contributed by atoms with E-state index in [0.29, 0.717) is 12.0 Å². The number of hydrogen-bond donors (Lipinski definition) is 3. The summed E-state index contributed by atoms with van der Waals surface area (Å²) >= 11 is 0. The van der Waals surface area contributed by atoms with Crippen molar-refractivity contribution < 1.29 is 10.0 Å². The first-order chi connectivity index (χ1) is 9.12. The first kappa shape index (κ1) is 15.0. The van der Waals surface area contributed by atoms with Crippen molar-refractivity contribution >= 4 is 11.7 Å². The molecule has 5 nitrogen and oxygen atoms in total. The van der Waals surface area contributed by atoms with Gasteiger partial charge in [-0.3, -0.25) is 4.79 Å². The number of carbonyl (C=O) groups is 1. The predicted molar refractivity (Wildman–Crippen MR) is 75.4 cm³/mol. The van der Waals surface area contributed by atoms with Crippen LogP contribution in [-0.2, 0) is 6.42 Å². The van der Waals surface area contributed by atoms with Crippen LogP contribution in [0.3, 0.4) is 0 Å². The number of aryl methyl sites for hydroxylation is 1. The van der Waals surface area contributed by atoms with Crippen molar-refractivity contribution in [3.63, 3.8) is 0 Å². The molecule has 4 N–H and O–H groups in total. The van der Waals surface area contributed by atoms with Crippen LogP contribution in [0, 0.1) is 0 Å². The Morgan fingerprint density at radius 3 is 2.68 bits per heavy atom. The number of benzene rings is 1. The Morgan fingerprint density at radius 1 is 1.42 bits per heavy atom. The minimum Gasteiger partial charge on any atom is -0.409 e. The lowest BCUT2D eigenvalue weighted by atomic mass is 10.0. The molecule has 1 aromatic rings. The van der Waals surface area contributed by atoms with Gasteiger partial charge in [0.1, 0.15) is 5.84 Å². The van der Waals surface area contributed by atoms with Crippen LogP contribution in [-0.4, -0.2) is 23.0 Å². The Hall–Kier alpha value is -2.04. The van der Waals surface area contributed by atoms with Crippen molar-refractivity contribution in [1.29, 1.82) is 0 Å². The third-order valence-electron chi connectivity index (χ3n) is 3.05. The zero-order chi connectivity index (χ0) is 14.3. The molecular formula is C14H21N3O2. The van der Waals surface area contributed by atoms with Crippen molar-refractivity contribution in [1.82, 2.24) is 5.32 Å². The van der Waals surface area contributed by atoms with Crippen LogP contribution < -0.4 is 11.1 Å². The van der Waals surface area contributed by atoms with Gasteiger partial charge >= 0.3 is 0 Å². The highest BCUT2D eigenvalue weighted by molar-refractivity contribution is 5.96. The molecule has 0 aliphatic heterocycles. The Balaban J connectivity index is 2.77. The Kier molecular flexibility index (Phi) is 5.85. The van der Waals surface area contributed by atoms with E-state index in [9.17, 15) is 4.79 Å². The second kappa shape index (κ2) is 7.41. The van der Waals surface area contributed by atoms with Gasteiger partial charge in [-0.25, -0.2) is 0 Å². The standard InChI is InChI=1S/C14H21N3O2/c1-3-10-7-5-6-8-12(10)14(18)16-11(4-2)9-13(15)17-19/h5-8,11,19H,3-4,9H2,1-2H3,(H2,15,17)(H,16,18). The number of hydrogen-bond acceptors (Lipinski definition) is 3. The van der Waals surface area contributed by atoms with E-state index >= 15 is 0 Å². The van der Waals surface area contributed by atoms with Crippen molar-refractivity contribution in [2.24, 2.45) is 10.9 Å². The predicted octanol–water partition coefficient (Wildman–Crippen LogP) is 1.89. The van der Waals surface area contributed by atoms with Gasteiger partial charge in [-0.05, 0) is 24.5 Å². The van der Waals surface area contributed by atoms with Gasteiger partial charge in [-0.2, -0.15) is 0 Å². The van der Waals surface area contributed by atoms with Crippen LogP contribution in [0.5, 0.6) is 0 Å². The van der Waals surface area contributed by atoms with Crippen LogP contribution >= 0.6 is 0 Å². The zero-order valence-corrected chi connectivity index (χ0v) is 11.4. The van der Waals surface area contributed by atoms with Gasteiger partial charge in [0.05, 0.1) is 0 Å². The van der Waals surface area contributed by atoms with Crippen LogP contribution in [0.1, 0.15) is 42.6 Å². The maximum Gasteiger partial charge on any atom is 0.251 e. The van der Waals surface area contributed by atoms with E-state index in [4.69, 9.17) is 10.9 Å². The average Bonchev–Trinajstić information content (AvgIpc) is 2.45. The summed E-state index contributed by atoms with van der Waals surface area (Å²) in [5.74, 6) is 0.00552. The van der Waals surface area contributed by atoms with E-state index in [1.54, 1.807) is 0 Å². The van der Waals surface area contributed by atoms with Crippen LogP contribution in [0.15, 0.2) is 29.4 Å². The fourth-order valence-electron chi connectivity index (χ4n) is 1.90. The van der Waals surface area contributed by atoms with Crippen molar-refractivity contribution in [3.05, 3.63) is 35.4 Å². The summed E-state index contributed by atoms with van der Waals surface area (Å²) in [6, 6.07) is 7.39. The minimum absolute atomic E-state index is 0.116. The fraction of sp³-hybridized carbons (Fsp3) is 0.429. The molecule has 0 bridgehead atoms. The molecule has 0 saturated carbocycles. The van der Waals surface area contributed by atoms with Crippen LogP contribution in [0.2, 0.25) is 0 Å². The lowest BCUT2D eigenvalue weighted by Crippen LogP contribution is -2.37. The van der Waals surface area contributed by atoms with Crippen molar-refractivity contribution in [3.8, 4) is 0 Å². The molecule has 19 heavy (non-hydrogen) atoms. The van der Waals surface area contributed by atoms with E-state index in [1.165, 1.54) is 0 Å². The SMILES string of the molecule is CCc1ccccc1C(=O)NC(CC)C/C(N)=N/O. The number of rotatable bonds is 6. The number of amidine groups is 1. The summed E-state index contributed by atoms with van der Waals surface area (Å²) in [6.45, 7) is 3.96. The topological polar surface area (TPSA) is 87.7 Å². The van der Waals surface area contributed by atoms with Gasteiger partial charge in [0.25, 0.3) is 5.91 Å². The van der Waals surface area contributed by atoms with E-state index in [1.807, 2.05) is 38.1 Å². The number of nitrogens with zero attached hydrogens (tertiary/aromatic N) is 1. The summed E-state index contributed by atoms with van der Waals surface area (Å²) in [5.41, 5.74) is 7.16. The van der Waals surface area contributed by atoms with Gasteiger partial charge in [0.15, 0.2) is 0 Å². The molecule has 1 rings (SSSR count). The smallest absolute Gasteiger partial charge is 0.251 e. The van der Waals surface area contributed by atoms with Gasteiger partial charge in [-0.1, -0.05) is 37.2 Å². The molecule has 1 aromatic carbocycles. The summed E-state index contributed by atoms with van der Waals surface area (Å²) in [6.07, 6.45) is 1.86. The Labute approximate surface area is 113 Å². The summed E-state index contributed by atoms with van der Waals surface area (Å²) < 4.78 is 0. The molecule has 0 aliphatic carbocycles. The number of nitrogens with two attached hydrogens (primary N) is 1. The highest BCUT2D eigenvalue weighted by Gasteiger charge is 2.15. The fourth-order valence-corrected chi connectivity index (χ4v) is 1.90. The molecule has 0 aromatic heterocycles. The third-order valence-corrected chi connectivity index (χ3v) is 3.05. The highest BCUT2D eigenvalue weighted by atomic mass is 16.4. The second-order valence-electron chi connectivity index (χ2n) is 4.38. The van der Waals surface area contributed by atoms with E-state index in [0.717, 1.165) is 18.4 Å². The van der Waals surface area contributed by atoms with E-state index < -0.39 is 0 Å². The Morgan fingerprint density at radius 2 is 2.11 bits per heavy atom. The van der Waals surface area contributed by atoms with Gasteiger partial charge in [-0.15, -0.1) is 0 Å². The monoisotopic (exact) mass is 263 g/mol. The highest BCUT2D eigenvalue weighted by Crippen LogP contribution is 2.10. The second-order valence-corrected chi connectivity index (χ2v) is 4.38. The van der Waals surface area contributed by atoms with Crippen LogP contribution in [0.25, 0.3) is 0 Å². The normalized spacial score (nSPS) is 13.1. The number of nitrogens with one attached hydrogen (secondary N) is 1. The first-order valence-electron chi connectivity index (χ1n) is 6.47. The summed E-state index contributed by atoms with van der Waals surface area (Å²) in [5, 5.41) is 14.4. The lowest BCUT2D eigenvalue weighted by Gasteiger charge is -2.17. The van der Waals surface area contributed by atoms with Crippen LogP contribution in [0.4, 0.5) is 0 Å². The van der Waals surface area contributed by atoms with Crippen molar-refractivity contribution in [2.75, 3.05) is 0 Å². The molecule has 0 radical (unpaired) electrons. The number of oxime groups is 1. The molecule has 0 saturated heterocycles. The first-order valence-corrected chi connectivity index (χ1v) is 6.47. The molecule has 0 aliphatic rings. The van der Waals surface area contributed by atoms with Gasteiger partial charge in [0.2, 0.25) is 0 Å². The molecule has 1 unspecified atom stereocenters. The summed E-state index contributed by atoms with van der Waals surface area (Å²) in [4.78, 5) is 12.2. The molecule has 104 valence electrons. The number of carbonyl (C=O) groups excluding carboxylic acids is 1. The Bertz CT molecular complexity index is 458. The van der Waals surface area contributed by atoms with Gasteiger partial charge < -0.3 is 16.3 Å². The largest absolute Gasteiger partial charge is 0.409 e. The number of amides is 1.